The Morgan fingerprint density at radius 1 is 0.796 bits per heavy atom. The second-order valence-electron chi connectivity index (χ2n) is 11.8. The zero-order valence-corrected chi connectivity index (χ0v) is 29.9. The van der Waals surface area contributed by atoms with Gasteiger partial charge in [-0.3, -0.25) is 9.59 Å². The van der Waals surface area contributed by atoms with Gasteiger partial charge in [0, 0.05) is 37.1 Å². The van der Waals surface area contributed by atoms with E-state index in [4.69, 9.17) is 9.47 Å². The summed E-state index contributed by atoms with van der Waals surface area (Å²) in [5.41, 5.74) is 3.14. The Kier molecular flexibility index (Phi) is 20.3. The molecule has 49 heavy (non-hydrogen) atoms. The summed E-state index contributed by atoms with van der Waals surface area (Å²) in [4.78, 5) is 36.5. The highest BCUT2D eigenvalue weighted by atomic mass is 16.5. The van der Waals surface area contributed by atoms with Crippen LogP contribution in [0.15, 0.2) is 84.6 Å². The molecule has 1 heterocycles. The number of cyclic esters (lactones) is 1. The smallest absolute Gasteiger partial charge is 0.342 e. The van der Waals surface area contributed by atoms with Crippen molar-refractivity contribution in [2.45, 2.75) is 98.0 Å². The maximum atomic E-state index is 12.3. The molecule has 0 fully saturated rings. The number of hydrogen-bond acceptors (Lipinski definition) is 6. The molecule has 0 aromatic heterocycles. The number of amides is 2. The number of nitrogens with one attached hydrogen (secondary N) is 2. The van der Waals surface area contributed by atoms with E-state index < -0.39 is 5.97 Å². The zero-order valence-electron chi connectivity index (χ0n) is 29.9. The van der Waals surface area contributed by atoms with Crippen LogP contribution in [-0.4, -0.2) is 43.1 Å². The molecule has 1 aromatic rings. The third-order valence-corrected chi connectivity index (χ3v) is 7.95. The van der Waals surface area contributed by atoms with Crippen molar-refractivity contribution < 1.29 is 29.0 Å². The summed E-state index contributed by atoms with van der Waals surface area (Å²) in [5, 5.41) is 16.4. The number of fused-ring (bicyclic) bond motifs is 1. The molecule has 0 unspecified atom stereocenters. The van der Waals surface area contributed by atoms with Gasteiger partial charge in [-0.05, 0) is 77.2 Å². The third kappa shape index (κ3) is 15.9. The van der Waals surface area contributed by atoms with Gasteiger partial charge < -0.3 is 25.2 Å². The number of aromatic hydroxyl groups is 1. The first kappa shape index (κ1) is 40.6. The molecule has 0 atom stereocenters. The lowest BCUT2D eigenvalue weighted by atomic mass is 9.94. The molecule has 0 aliphatic carbocycles. The summed E-state index contributed by atoms with van der Waals surface area (Å²) in [6.45, 7) is 6.78. The van der Waals surface area contributed by atoms with Crippen LogP contribution in [0.4, 0.5) is 0 Å². The predicted molar refractivity (Wildman–Crippen MR) is 199 cm³/mol. The molecule has 2 rings (SSSR count). The van der Waals surface area contributed by atoms with Crippen LogP contribution in [0.25, 0.3) is 0 Å². The van der Waals surface area contributed by atoms with Gasteiger partial charge in [0.2, 0.25) is 11.8 Å². The number of esters is 1. The molecular formula is C41H56N2O6. The molecule has 8 heteroatoms. The summed E-state index contributed by atoms with van der Waals surface area (Å²) in [6, 6.07) is 0. The Morgan fingerprint density at radius 3 is 1.84 bits per heavy atom. The average Bonchev–Trinajstić information content (AvgIpc) is 3.49. The van der Waals surface area contributed by atoms with Gasteiger partial charge >= 0.3 is 5.97 Å². The Bertz CT molecular complexity index is 1430. The second kappa shape index (κ2) is 24.5. The standard InChI is InChI=1S/C41H56N2O6/c1-5-6-7-8-9-10-11-12-13-14-15-16-17-18-19-20-21-22-23-24-36(44)42-29-30-43-37(45)28-26-32(2)25-27-34-39(46)38-35(31-49-41(38)47)33(3)40(34)48-4/h6-7,9-10,12-13,15-16,18-19,21-22,25,46H,5,8,11,14,17,20,23-24,26-31H2,1-4H3,(H,42,44)(H,43,45)/b7-6-,10-9-,13-12-,16-15-,19-18-,22-21-,32-25+. The molecule has 1 aromatic carbocycles. The number of methoxy groups -OCH3 is 1. The normalized spacial score (nSPS) is 13.6. The number of phenols is 1. The van der Waals surface area contributed by atoms with Crippen molar-refractivity contribution in [1.82, 2.24) is 10.6 Å². The summed E-state index contributed by atoms with van der Waals surface area (Å²) >= 11 is 0. The van der Waals surface area contributed by atoms with Crippen LogP contribution in [0.1, 0.15) is 105 Å². The van der Waals surface area contributed by atoms with Crippen molar-refractivity contribution in [3.8, 4) is 11.5 Å². The van der Waals surface area contributed by atoms with Crippen molar-refractivity contribution in [2.75, 3.05) is 20.2 Å². The van der Waals surface area contributed by atoms with Crippen LogP contribution in [0.2, 0.25) is 0 Å². The topological polar surface area (TPSA) is 114 Å². The van der Waals surface area contributed by atoms with Crippen molar-refractivity contribution in [2.24, 2.45) is 0 Å². The number of carbonyl (C=O) groups is 3. The van der Waals surface area contributed by atoms with Gasteiger partial charge in [-0.15, -0.1) is 0 Å². The zero-order chi connectivity index (χ0) is 35.7. The first-order valence-corrected chi connectivity index (χ1v) is 17.5. The molecule has 2 amide bonds. The highest BCUT2D eigenvalue weighted by Gasteiger charge is 2.31. The Labute approximate surface area is 293 Å². The van der Waals surface area contributed by atoms with Gasteiger partial charge in [0.25, 0.3) is 0 Å². The van der Waals surface area contributed by atoms with E-state index in [1.54, 1.807) is 0 Å². The predicted octanol–water partition coefficient (Wildman–Crippen LogP) is 8.36. The molecule has 1 aliphatic heterocycles. The third-order valence-electron chi connectivity index (χ3n) is 7.95. The van der Waals surface area contributed by atoms with E-state index in [9.17, 15) is 19.5 Å². The van der Waals surface area contributed by atoms with E-state index >= 15 is 0 Å². The molecule has 8 nitrogen and oxygen atoms in total. The molecule has 1 aliphatic rings. The maximum absolute atomic E-state index is 12.3. The first-order chi connectivity index (χ1) is 23.8. The van der Waals surface area contributed by atoms with E-state index in [0.29, 0.717) is 62.1 Å². The Hall–Kier alpha value is -4.59. The molecule has 0 bridgehead atoms. The van der Waals surface area contributed by atoms with Gasteiger partial charge in [-0.25, -0.2) is 4.79 Å². The summed E-state index contributed by atoms with van der Waals surface area (Å²) in [7, 11) is 1.53. The number of hydrogen-bond donors (Lipinski definition) is 3. The van der Waals surface area contributed by atoms with Crippen LogP contribution < -0.4 is 15.4 Å². The van der Waals surface area contributed by atoms with Crippen molar-refractivity contribution >= 4 is 17.8 Å². The van der Waals surface area contributed by atoms with Crippen LogP contribution in [0.3, 0.4) is 0 Å². The monoisotopic (exact) mass is 672 g/mol. The lowest BCUT2D eigenvalue weighted by molar-refractivity contribution is -0.122. The first-order valence-electron chi connectivity index (χ1n) is 17.5. The SMILES string of the molecule is CC/C=C\C/C=C\C/C=C\C/C=C\C/C=C\C/C=C\CCC(=O)NCCNC(=O)CC/C(C)=C/Cc1c(O)c2c(c(C)c1OC)COC2=O. The number of ether oxygens (including phenoxy) is 2. The molecule has 0 radical (unpaired) electrons. The highest BCUT2D eigenvalue weighted by molar-refractivity contribution is 5.98. The van der Waals surface area contributed by atoms with Crippen LogP contribution in [0.5, 0.6) is 11.5 Å². The van der Waals surface area contributed by atoms with Crippen molar-refractivity contribution in [1.29, 1.82) is 0 Å². The average molecular weight is 673 g/mol. The number of allylic oxidation sites excluding steroid dienone is 14. The minimum Gasteiger partial charge on any atom is -0.507 e. The lowest BCUT2D eigenvalue weighted by Crippen LogP contribution is -2.34. The van der Waals surface area contributed by atoms with Crippen molar-refractivity contribution in [3.63, 3.8) is 0 Å². The quantitative estimate of drug-likeness (QED) is 0.0612. The lowest BCUT2D eigenvalue weighted by Gasteiger charge is -2.15. The summed E-state index contributed by atoms with van der Waals surface area (Å²) in [6.07, 6.45) is 35.9. The van der Waals surface area contributed by atoms with E-state index in [2.05, 4.69) is 84.4 Å². The number of benzene rings is 1. The van der Waals surface area contributed by atoms with Crippen LogP contribution in [0, 0.1) is 6.92 Å². The van der Waals surface area contributed by atoms with Crippen LogP contribution >= 0.6 is 0 Å². The summed E-state index contributed by atoms with van der Waals surface area (Å²) in [5.74, 6) is -0.243. The Morgan fingerprint density at radius 2 is 1.31 bits per heavy atom. The molecule has 266 valence electrons. The van der Waals surface area contributed by atoms with E-state index in [0.717, 1.165) is 49.7 Å². The molecule has 0 saturated carbocycles. The minimum absolute atomic E-state index is 0.0405. The van der Waals surface area contributed by atoms with Gasteiger partial charge in [-0.2, -0.15) is 0 Å². The van der Waals surface area contributed by atoms with Crippen molar-refractivity contribution in [3.05, 3.63) is 107 Å². The number of rotatable bonds is 23. The van der Waals surface area contributed by atoms with Gasteiger partial charge in [0.15, 0.2) is 0 Å². The van der Waals surface area contributed by atoms with E-state index in [1.807, 2.05) is 26.0 Å². The molecule has 0 spiro atoms. The van der Waals surface area contributed by atoms with Gasteiger partial charge in [-0.1, -0.05) is 91.5 Å². The van der Waals surface area contributed by atoms with Crippen LogP contribution in [-0.2, 0) is 27.4 Å². The van der Waals surface area contributed by atoms with E-state index in [1.165, 1.54) is 7.11 Å². The fourth-order valence-corrected chi connectivity index (χ4v) is 5.15. The molecular weight excluding hydrogens is 616 g/mol. The fourth-order valence-electron chi connectivity index (χ4n) is 5.15. The molecule has 3 N–H and O–H groups in total. The largest absolute Gasteiger partial charge is 0.507 e. The van der Waals surface area contributed by atoms with Gasteiger partial charge in [0.1, 0.15) is 23.7 Å². The minimum atomic E-state index is -0.530. The Balaban J connectivity index is 1.52. The number of phenolic OH excluding ortho intramolecular Hbond substituents is 1. The maximum Gasteiger partial charge on any atom is 0.342 e. The highest BCUT2D eigenvalue weighted by Crippen LogP contribution is 2.42. The van der Waals surface area contributed by atoms with Gasteiger partial charge in [0.05, 0.1) is 7.11 Å². The number of carbonyl (C=O) groups excluding carboxylic acids is 3. The second-order valence-corrected chi connectivity index (χ2v) is 11.8. The summed E-state index contributed by atoms with van der Waals surface area (Å²) < 4.78 is 10.6. The van der Waals surface area contributed by atoms with E-state index in [-0.39, 0.29) is 29.7 Å². The molecule has 0 saturated heterocycles. The fraction of sp³-hybridized carbons (Fsp3) is 0.439.